The van der Waals surface area contributed by atoms with Crippen molar-refractivity contribution in [3.8, 4) is 11.1 Å². The molecular formula is C20H25F2N3O. The fraction of sp³-hybridized carbons (Fsp3) is 0.350. The van der Waals surface area contributed by atoms with Crippen LogP contribution < -0.4 is 16.0 Å². The number of hydrogen-bond acceptors (Lipinski definition) is 3. The molecule has 0 heterocycles. The maximum Gasteiger partial charge on any atom is 0.251 e. The quantitative estimate of drug-likeness (QED) is 0.571. The molecule has 0 aromatic heterocycles. The van der Waals surface area contributed by atoms with Crippen LogP contribution in [0, 0.1) is 11.6 Å². The average molecular weight is 361 g/mol. The molecular weight excluding hydrogens is 336 g/mol. The highest BCUT2D eigenvalue weighted by molar-refractivity contribution is 5.94. The van der Waals surface area contributed by atoms with E-state index in [9.17, 15) is 13.6 Å². The fourth-order valence-electron chi connectivity index (χ4n) is 2.54. The van der Waals surface area contributed by atoms with Crippen molar-refractivity contribution < 1.29 is 13.6 Å². The van der Waals surface area contributed by atoms with Gasteiger partial charge in [0.25, 0.3) is 5.91 Å². The third-order valence-corrected chi connectivity index (χ3v) is 4.01. The number of hydrogen-bond donors (Lipinski definition) is 3. The first kappa shape index (κ1) is 20.0. The van der Waals surface area contributed by atoms with Gasteiger partial charge < -0.3 is 16.0 Å². The summed E-state index contributed by atoms with van der Waals surface area (Å²) in [5, 5.41) is 9.25. The van der Waals surface area contributed by atoms with E-state index in [1.165, 1.54) is 12.1 Å². The van der Waals surface area contributed by atoms with Crippen molar-refractivity contribution in [1.82, 2.24) is 16.0 Å². The van der Waals surface area contributed by atoms with E-state index in [-0.39, 0.29) is 5.91 Å². The van der Waals surface area contributed by atoms with E-state index in [4.69, 9.17) is 0 Å². The zero-order valence-electron chi connectivity index (χ0n) is 14.9. The SMILES string of the molecule is CNCCNCCCCNC(=O)c1ccc(-c2ccc(F)cc2F)cc1. The third kappa shape index (κ3) is 6.20. The highest BCUT2D eigenvalue weighted by atomic mass is 19.1. The number of carbonyl (C=O) groups is 1. The summed E-state index contributed by atoms with van der Waals surface area (Å²) in [6.45, 7) is 3.41. The normalized spacial score (nSPS) is 10.7. The molecule has 0 unspecified atom stereocenters. The minimum Gasteiger partial charge on any atom is -0.352 e. The smallest absolute Gasteiger partial charge is 0.251 e. The number of benzene rings is 2. The van der Waals surface area contributed by atoms with Crippen molar-refractivity contribution in [3.63, 3.8) is 0 Å². The molecule has 4 nitrogen and oxygen atoms in total. The molecule has 0 aliphatic heterocycles. The summed E-state index contributed by atoms with van der Waals surface area (Å²) < 4.78 is 26.8. The molecule has 0 saturated heterocycles. The fourth-order valence-corrected chi connectivity index (χ4v) is 2.54. The standard InChI is InChI=1S/C20H25F2N3O/c1-23-12-13-24-10-2-3-11-25-20(26)16-6-4-15(5-7-16)18-9-8-17(21)14-19(18)22/h4-9,14,23-24H,2-3,10-13H2,1H3,(H,25,26). The summed E-state index contributed by atoms with van der Waals surface area (Å²) >= 11 is 0. The Morgan fingerprint density at radius 3 is 2.35 bits per heavy atom. The Labute approximate surface area is 153 Å². The lowest BCUT2D eigenvalue weighted by Gasteiger charge is -2.08. The van der Waals surface area contributed by atoms with Crippen LogP contribution in [0.25, 0.3) is 11.1 Å². The van der Waals surface area contributed by atoms with E-state index in [0.29, 0.717) is 23.2 Å². The monoisotopic (exact) mass is 361 g/mol. The molecule has 140 valence electrons. The zero-order valence-corrected chi connectivity index (χ0v) is 14.9. The van der Waals surface area contributed by atoms with Gasteiger partial charge in [-0.25, -0.2) is 8.78 Å². The topological polar surface area (TPSA) is 53.2 Å². The third-order valence-electron chi connectivity index (χ3n) is 4.01. The predicted molar refractivity (Wildman–Crippen MR) is 100 cm³/mol. The van der Waals surface area contributed by atoms with Crippen LogP contribution in [-0.2, 0) is 0 Å². The second-order valence-electron chi connectivity index (χ2n) is 6.02. The lowest BCUT2D eigenvalue weighted by molar-refractivity contribution is 0.0953. The van der Waals surface area contributed by atoms with Crippen LogP contribution in [0.2, 0.25) is 0 Å². The minimum atomic E-state index is -0.620. The van der Waals surface area contributed by atoms with E-state index in [1.807, 2.05) is 7.05 Å². The van der Waals surface area contributed by atoms with Crippen molar-refractivity contribution in [2.24, 2.45) is 0 Å². The molecule has 2 rings (SSSR count). The molecule has 0 spiro atoms. The summed E-state index contributed by atoms with van der Waals surface area (Å²) in [5.74, 6) is -1.38. The summed E-state index contributed by atoms with van der Waals surface area (Å²) in [6.07, 6.45) is 1.89. The summed E-state index contributed by atoms with van der Waals surface area (Å²) in [4.78, 5) is 12.1. The van der Waals surface area contributed by atoms with Gasteiger partial charge in [-0.3, -0.25) is 4.79 Å². The number of unbranched alkanes of at least 4 members (excludes halogenated alkanes) is 1. The second-order valence-corrected chi connectivity index (χ2v) is 6.02. The molecule has 0 atom stereocenters. The van der Waals surface area contributed by atoms with Gasteiger partial charge in [0, 0.05) is 36.8 Å². The van der Waals surface area contributed by atoms with Crippen LogP contribution in [0.5, 0.6) is 0 Å². The Morgan fingerprint density at radius 2 is 1.65 bits per heavy atom. The molecule has 0 radical (unpaired) electrons. The maximum atomic E-state index is 13.8. The molecule has 0 aliphatic rings. The number of amides is 1. The first-order chi connectivity index (χ1) is 12.6. The van der Waals surface area contributed by atoms with E-state index >= 15 is 0 Å². The number of rotatable bonds is 10. The molecule has 2 aromatic rings. The second kappa shape index (κ2) is 10.6. The van der Waals surface area contributed by atoms with E-state index in [2.05, 4.69) is 16.0 Å². The van der Waals surface area contributed by atoms with Crippen LogP contribution >= 0.6 is 0 Å². The van der Waals surface area contributed by atoms with Crippen LogP contribution in [0.4, 0.5) is 8.78 Å². The van der Waals surface area contributed by atoms with Gasteiger partial charge in [0.2, 0.25) is 0 Å². The van der Waals surface area contributed by atoms with Crippen LogP contribution in [0.1, 0.15) is 23.2 Å². The lowest BCUT2D eigenvalue weighted by Crippen LogP contribution is -2.27. The van der Waals surface area contributed by atoms with Gasteiger partial charge in [-0.05, 0) is 56.3 Å². The molecule has 0 aliphatic carbocycles. The van der Waals surface area contributed by atoms with Crippen molar-refractivity contribution in [2.45, 2.75) is 12.8 Å². The average Bonchev–Trinajstić information content (AvgIpc) is 2.64. The van der Waals surface area contributed by atoms with Crippen LogP contribution in [-0.4, -0.2) is 39.1 Å². The Morgan fingerprint density at radius 1 is 0.923 bits per heavy atom. The number of halogens is 2. The van der Waals surface area contributed by atoms with Crippen molar-refractivity contribution in [3.05, 3.63) is 59.7 Å². The van der Waals surface area contributed by atoms with Gasteiger partial charge in [0.15, 0.2) is 0 Å². The van der Waals surface area contributed by atoms with Crippen molar-refractivity contribution in [2.75, 3.05) is 33.2 Å². The predicted octanol–water partition coefficient (Wildman–Crippen LogP) is 2.95. The van der Waals surface area contributed by atoms with E-state index < -0.39 is 11.6 Å². The summed E-state index contributed by atoms with van der Waals surface area (Å²) in [6, 6.07) is 10.1. The lowest BCUT2D eigenvalue weighted by atomic mass is 10.0. The highest BCUT2D eigenvalue weighted by Crippen LogP contribution is 2.23. The highest BCUT2D eigenvalue weighted by Gasteiger charge is 2.09. The number of carbonyl (C=O) groups excluding carboxylic acids is 1. The molecule has 0 saturated carbocycles. The van der Waals surface area contributed by atoms with Crippen molar-refractivity contribution >= 4 is 5.91 Å². The molecule has 1 amide bonds. The Bertz CT molecular complexity index is 705. The molecule has 2 aromatic carbocycles. The van der Waals surface area contributed by atoms with Gasteiger partial charge in [-0.15, -0.1) is 0 Å². The summed E-state index contributed by atoms with van der Waals surface area (Å²) in [5.41, 5.74) is 1.43. The molecule has 6 heteroatoms. The molecule has 3 N–H and O–H groups in total. The van der Waals surface area contributed by atoms with Gasteiger partial charge in [0.05, 0.1) is 0 Å². The largest absolute Gasteiger partial charge is 0.352 e. The molecule has 0 bridgehead atoms. The maximum absolute atomic E-state index is 13.8. The summed E-state index contributed by atoms with van der Waals surface area (Å²) in [7, 11) is 1.92. The van der Waals surface area contributed by atoms with E-state index in [0.717, 1.165) is 38.5 Å². The molecule has 26 heavy (non-hydrogen) atoms. The Balaban J connectivity index is 1.78. The first-order valence-electron chi connectivity index (χ1n) is 8.81. The number of nitrogens with one attached hydrogen (secondary N) is 3. The van der Waals surface area contributed by atoms with Gasteiger partial charge >= 0.3 is 0 Å². The van der Waals surface area contributed by atoms with Crippen LogP contribution in [0.3, 0.4) is 0 Å². The van der Waals surface area contributed by atoms with Crippen molar-refractivity contribution in [1.29, 1.82) is 0 Å². The van der Waals surface area contributed by atoms with Gasteiger partial charge in [-0.1, -0.05) is 12.1 Å². The van der Waals surface area contributed by atoms with Crippen LogP contribution in [0.15, 0.2) is 42.5 Å². The minimum absolute atomic E-state index is 0.153. The van der Waals surface area contributed by atoms with E-state index in [1.54, 1.807) is 24.3 Å². The number of likely N-dealkylation sites (N-methyl/N-ethyl adjacent to an activating group) is 1. The first-order valence-corrected chi connectivity index (χ1v) is 8.81. The van der Waals surface area contributed by atoms with Gasteiger partial charge in [-0.2, -0.15) is 0 Å². The molecule has 0 fully saturated rings. The Hall–Kier alpha value is -2.31. The Kier molecular flexibility index (Phi) is 8.18. The zero-order chi connectivity index (χ0) is 18.8. The van der Waals surface area contributed by atoms with Gasteiger partial charge in [0.1, 0.15) is 11.6 Å².